The highest BCUT2D eigenvalue weighted by molar-refractivity contribution is 6.70. The van der Waals surface area contributed by atoms with Gasteiger partial charge >= 0.3 is 0 Å². The van der Waals surface area contributed by atoms with Crippen molar-refractivity contribution in [1.29, 1.82) is 0 Å². The van der Waals surface area contributed by atoms with Crippen molar-refractivity contribution in [3.05, 3.63) is 132 Å². The van der Waals surface area contributed by atoms with Gasteiger partial charge in [-0.15, -0.1) is 32.4 Å². The van der Waals surface area contributed by atoms with Crippen molar-refractivity contribution in [3.63, 3.8) is 0 Å². The number of fused-ring (bicyclic) bond motifs is 3. The van der Waals surface area contributed by atoms with Crippen molar-refractivity contribution in [1.82, 2.24) is 0 Å². The van der Waals surface area contributed by atoms with Crippen molar-refractivity contribution in [2.24, 2.45) is 0 Å². The molecule has 77 heavy (non-hydrogen) atoms. The zero-order valence-corrected chi connectivity index (χ0v) is 41.9. The summed E-state index contributed by atoms with van der Waals surface area (Å²) in [4.78, 5) is 0. The Kier molecular flexibility index (Phi) is 11.1. The highest BCUT2D eigenvalue weighted by atomic mass is 14.5. The Morgan fingerprint density at radius 2 is 0.584 bits per heavy atom. The van der Waals surface area contributed by atoms with Gasteiger partial charge in [0.1, 0.15) is 94.2 Å². The Labute approximate surface area is 471 Å². The Bertz CT molecular complexity index is 4550. The first-order valence-corrected chi connectivity index (χ1v) is 24.8. The SMILES string of the molecule is [B]c1c([B])c([B])c(-c2cc(-c3c([B])c([B])c4c(c3[B])C(C([B])([B])[B])(C([B])([B])C)c3c([B])c([B])c([B])c([B])c3-4)c(-c3ccc4ccc5cccc6ccc3c4c56)cc2-c2ccc3ccc4cccc5ccc2c3c45)c([B])c1[B]. The van der Waals surface area contributed by atoms with Crippen molar-refractivity contribution in [3.8, 4) is 55.6 Å². The maximum atomic E-state index is 7.80. The third-order valence-corrected chi connectivity index (χ3v) is 16.8. The Balaban J connectivity index is 1.26. The van der Waals surface area contributed by atoms with E-state index >= 15 is 0 Å². The standard InChI is InChI=1S/C60H23B17/c1-58(73,74)59(60(75,76)77)44-42(43-45(59)52(67)56(71)55(70)51(43)66)50(65)47(62)40(46(44)61)34-21-35(41-48(63)53(68)57(72)54(69)49(41)64)33(29-17-13-27-11-9-23-5-3-7-25-15-19-31(29)39(27)37(23)25)20-32(34)28-16-12-26-10-8-22-4-2-6-24-14-18-30(28)38(26)36(22)24/h2-21H,1H3. The van der Waals surface area contributed by atoms with Crippen molar-refractivity contribution in [2.75, 3.05) is 0 Å². The molecule has 0 bridgehead atoms. The van der Waals surface area contributed by atoms with E-state index in [-0.39, 0.29) is 93.4 Å². The fourth-order valence-corrected chi connectivity index (χ4v) is 13.3. The van der Waals surface area contributed by atoms with E-state index in [9.17, 15) is 0 Å². The van der Waals surface area contributed by atoms with Crippen molar-refractivity contribution in [2.45, 2.75) is 22.7 Å². The first-order valence-electron chi connectivity index (χ1n) is 24.8. The smallest absolute Gasteiger partial charge is 0.115 e. The van der Waals surface area contributed by atoms with Gasteiger partial charge in [0, 0.05) is 0 Å². The summed E-state index contributed by atoms with van der Waals surface area (Å²) < 4.78 is 0. The molecule has 1 aliphatic carbocycles. The van der Waals surface area contributed by atoms with Crippen LogP contribution in [-0.4, -0.2) is 133 Å². The van der Waals surface area contributed by atoms with Crippen molar-refractivity contribution >= 4 is 264 Å². The lowest BCUT2D eigenvalue weighted by atomic mass is 9.21. The van der Waals surface area contributed by atoms with Gasteiger partial charge in [0.15, 0.2) is 0 Å². The molecule has 0 saturated heterocycles. The van der Waals surface area contributed by atoms with Crippen LogP contribution in [0.2, 0.25) is 10.3 Å². The van der Waals surface area contributed by atoms with Crippen LogP contribution in [0.25, 0.3) is 120 Å². The monoisotopic (exact) mass is 930 g/mol. The van der Waals surface area contributed by atoms with Gasteiger partial charge in [-0.25, -0.2) is 0 Å². The minimum absolute atomic E-state index is 0.0152. The molecular weight excluding hydrogens is 904 g/mol. The first kappa shape index (κ1) is 50.3. The molecule has 12 aromatic carbocycles. The molecule has 314 valence electrons. The molecule has 34 radical (unpaired) electrons. The van der Waals surface area contributed by atoms with E-state index in [0.29, 0.717) is 27.8 Å². The van der Waals surface area contributed by atoms with Gasteiger partial charge in [-0.1, -0.05) is 160 Å². The normalized spacial score (nSPS) is 14.7. The fraction of sp³-hybridized carbons (Fsp3) is 0.0667. The third-order valence-electron chi connectivity index (χ3n) is 16.8. The highest BCUT2D eigenvalue weighted by Gasteiger charge is 2.57. The Morgan fingerprint density at radius 3 is 1.00 bits per heavy atom. The van der Waals surface area contributed by atoms with E-state index in [0.717, 1.165) is 75.8 Å². The van der Waals surface area contributed by atoms with Crippen LogP contribution in [0.15, 0.2) is 121 Å². The number of rotatable bonds is 6. The summed E-state index contributed by atoms with van der Waals surface area (Å²) in [6.07, 6.45) is 0. The molecule has 12 aromatic rings. The first-order chi connectivity index (χ1) is 36.5. The maximum Gasteiger partial charge on any atom is 0.115 e. The van der Waals surface area contributed by atoms with E-state index in [1.807, 2.05) is 6.07 Å². The van der Waals surface area contributed by atoms with Crippen LogP contribution in [0, 0.1) is 0 Å². The summed E-state index contributed by atoms with van der Waals surface area (Å²) in [6.45, 7) is 1.49. The number of hydrogen-bond acceptors (Lipinski definition) is 0. The van der Waals surface area contributed by atoms with Crippen molar-refractivity contribution < 1.29 is 0 Å². The molecule has 0 heterocycles. The van der Waals surface area contributed by atoms with Gasteiger partial charge in [0.05, 0.1) is 39.2 Å². The van der Waals surface area contributed by atoms with Crippen LogP contribution in [0.5, 0.6) is 0 Å². The molecule has 17 heteroatoms. The van der Waals surface area contributed by atoms with Gasteiger partial charge in [-0.2, -0.15) is 0 Å². The molecular formula is C60H23B17. The molecule has 0 saturated carbocycles. The van der Waals surface area contributed by atoms with Gasteiger partial charge in [-0.3, -0.25) is 0 Å². The lowest BCUT2D eigenvalue weighted by Gasteiger charge is -2.57. The number of hydrogen-bond donors (Lipinski definition) is 0. The number of benzene rings is 12. The van der Waals surface area contributed by atoms with E-state index in [1.165, 1.54) is 6.92 Å². The lowest BCUT2D eigenvalue weighted by Crippen LogP contribution is -2.58. The molecule has 0 amide bonds. The Hall–Kier alpha value is -6.18. The lowest BCUT2D eigenvalue weighted by molar-refractivity contribution is 0.477. The fourth-order valence-electron chi connectivity index (χ4n) is 13.3. The summed E-state index contributed by atoms with van der Waals surface area (Å²) in [7, 11) is 119. The van der Waals surface area contributed by atoms with E-state index in [4.69, 9.17) is 133 Å². The summed E-state index contributed by atoms with van der Waals surface area (Å²) in [5, 5.41) is 8.19. The second-order valence-corrected chi connectivity index (χ2v) is 21.1. The summed E-state index contributed by atoms with van der Waals surface area (Å²) in [5.74, 6) is 0. The maximum absolute atomic E-state index is 7.80. The minimum Gasteiger partial charge on any atom is -0.118 e. The summed E-state index contributed by atoms with van der Waals surface area (Å²) in [6, 6.07) is 41.9. The predicted molar refractivity (Wildman–Crippen MR) is 346 cm³/mol. The molecule has 0 spiro atoms. The van der Waals surface area contributed by atoms with Crippen LogP contribution in [-0.2, 0) is 5.41 Å². The summed E-state index contributed by atoms with van der Waals surface area (Å²) >= 11 is 0. The minimum atomic E-state index is -2.37. The van der Waals surface area contributed by atoms with Gasteiger partial charge < -0.3 is 0 Å². The van der Waals surface area contributed by atoms with Crippen LogP contribution in [0.3, 0.4) is 0 Å². The molecule has 1 aliphatic rings. The molecule has 1 unspecified atom stereocenters. The average molecular weight is 928 g/mol. The van der Waals surface area contributed by atoms with Crippen LogP contribution < -0.4 is 65.6 Å². The average Bonchev–Trinajstić information content (AvgIpc) is 4.04. The Morgan fingerprint density at radius 1 is 0.286 bits per heavy atom. The van der Waals surface area contributed by atoms with Crippen LogP contribution in [0.1, 0.15) is 18.1 Å². The van der Waals surface area contributed by atoms with E-state index in [1.54, 1.807) is 0 Å². The summed E-state index contributed by atoms with van der Waals surface area (Å²) in [5.41, 5.74) is 2.81. The molecule has 0 aliphatic heterocycles. The van der Waals surface area contributed by atoms with E-state index in [2.05, 4.69) is 115 Å². The molecule has 0 nitrogen and oxygen atoms in total. The van der Waals surface area contributed by atoms with Gasteiger partial charge in [0.2, 0.25) is 0 Å². The molecule has 13 rings (SSSR count). The zero-order chi connectivity index (χ0) is 54.4. The molecule has 1 atom stereocenters. The van der Waals surface area contributed by atoms with Gasteiger partial charge in [-0.05, 0) is 149 Å². The largest absolute Gasteiger partial charge is 0.118 e. The van der Waals surface area contributed by atoms with Crippen LogP contribution in [0.4, 0.5) is 0 Å². The predicted octanol–water partition coefficient (Wildman–Crippen LogP) is -0.00620. The molecule has 0 N–H and O–H groups in total. The topological polar surface area (TPSA) is 0 Å². The van der Waals surface area contributed by atoms with E-state index < -0.39 is 15.7 Å². The quantitative estimate of drug-likeness (QED) is 0.163. The second kappa shape index (κ2) is 16.9. The zero-order valence-electron chi connectivity index (χ0n) is 41.9. The second-order valence-electron chi connectivity index (χ2n) is 21.1. The highest BCUT2D eigenvalue weighted by Crippen LogP contribution is 2.64. The van der Waals surface area contributed by atoms with Gasteiger partial charge in [0.25, 0.3) is 0 Å². The molecule has 0 fully saturated rings. The molecule has 0 aromatic heterocycles. The third kappa shape index (κ3) is 6.53. The van der Waals surface area contributed by atoms with Crippen LogP contribution >= 0.6 is 0 Å².